The molecule has 0 amide bonds. The van der Waals surface area contributed by atoms with Gasteiger partial charge in [-0.3, -0.25) is 0 Å². The SMILES string of the molecule is CCOC(=O)C(C#N)OCCOC. The van der Waals surface area contributed by atoms with E-state index in [0.29, 0.717) is 6.61 Å². The number of methoxy groups -OCH3 is 1. The minimum atomic E-state index is -1.14. The second kappa shape index (κ2) is 7.53. The normalized spacial score (nSPS) is 11.8. The lowest BCUT2D eigenvalue weighted by Crippen LogP contribution is -2.26. The molecule has 74 valence electrons. The molecule has 0 N–H and O–H groups in total. The number of nitrogens with zero attached hydrogens (tertiary/aromatic N) is 1. The maximum absolute atomic E-state index is 11.0. The predicted octanol–water partition coefficient (Wildman–Crippen LogP) is 0.105. The van der Waals surface area contributed by atoms with Crippen LogP contribution < -0.4 is 0 Å². The molecule has 5 heteroatoms. The van der Waals surface area contributed by atoms with Crippen LogP contribution in [0.4, 0.5) is 0 Å². The van der Waals surface area contributed by atoms with E-state index in [9.17, 15) is 4.79 Å². The molecule has 0 saturated carbocycles. The first-order chi connectivity index (χ1) is 6.26. The van der Waals surface area contributed by atoms with E-state index in [4.69, 9.17) is 10.00 Å². The zero-order valence-corrected chi connectivity index (χ0v) is 7.78. The van der Waals surface area contributed by atoms with Gasteiger partial charge in [-0.1, -0.05) is 0 Å². The number of nitriles is 1. The fourth-order valence-electron chi connectivity index (χ4n) is 0.625. The Labute approximate surface area is 77.2 Å². The van der Waals surface area contributed by atoms with Crippen molar-refractivity contribution in [3.8, 4) is 6.07 Å². The van der Waals surface area contributed by atoms with Crippen molar-refractivity contribution >= 4 is 5.97 Å². The van der Waals surface area contributed by atoms with Crippen LogP contribution in [0, 0.1) is 11.3 Å². The number of esters is 1. The Hall–Kier alpha value is -1.12. The summed E-state index contributed by atoms with van der Waals surface area (Å²) in [6.45, 7) is 2.46. The van der Waals surface area contributed by atoms with Crippen LogP contribution in [0.1, 0.15) is 6.92 Å². The maximum atomic E-state index is 11.0. The summed E-state index contributed by atoms with van der Waals surface area (Å²) < 4.78 is 14.2. The third-order valence-electron chi connectivity index (χ3n) is 1.19. The van der Waals surface area contributed by atoms with Gasteiger partial charge in [0.05, 0.1) is 19.8 Å². The van der Waals surface area contributed by atoms with Gasteiger partial charge >= 0.3 is 5.97 Å². The number of rotatable bonds is 6. The molecule has 0 spiro atoms. The topological polar surface area (TPSA) is 68.6 Å². The van der Waals surface area contributed by atoms with Crippen molar-refractivity contribution in [2.75, 3.05) is 26.9 Å². The van der Waals surface area contributed by atoms with Gasteiger partial charge in [-0.25, -0.2) is 4.79 Å². The van der Waals surface area contributed by atoms with Crippen LogP contribution in [0.25, 0.3) is 0 Å². The number of ether oxygens (including phenoxy) is 3. The number of carbonyl (C=O) groups excluding carboxylic acids is 1. The summed E-state index contributed by atoms with van der Waals surface area (Å²) in [5.41, 5.74) is 0. The highest BCUT2D eigenvalue weighted by Crippen LogP contribution is 1.94. The van der Waals surface area contributed by atoms with E-state index in [1.54, 1.807) is 13.0 Å². The largest absolute Gasteiger partial charge is 0.463 e. The average Bonchev–Trinajstić information content (AvgIpc) is 2.13. The van der Waals surface area contributed by atoms with Crippen LogP contribution in [0.5, 0.6) is 0 Å². The minimum Gasteiger partial charge on any atom is -0.463 e. The Bertz CT molecular complexity index is 187. The first-order valence-corrected chi connectivity index (χ1v) is 3.93. The molecule has 0 aliphatic carbocycles. The highest BCUT2D eigenvalue weighted by Gasteiger charge is 2.18. The quantitative estimate of drug-likeness (QED) is 0.436. The lowest BCUT2D eigenvalue weighted by molar-refractivity contribution is -0.153. The highest BCUT2D eigenvalue weighted by molar-refractivity contribution is 5.77. The summed E-state index contributed by atoms with van der Waals surface area (Å²) in [6.07, 6.45) is -1.14. The van der Waals surface area contributed by atoms with Gasteiger partial charge in [-0.2, -0.15) is 5.26 Å². The Morgan fingerprint density at radius 1 is 1.54 bits per heavy atom. The van der Waals surface area contributed by atoms with Gasteiger partial charge in [-0.15, -0.1) is 0 Å². The fraction of sp³-hybridized carbons (Fsp3) is 0.750. The molecule has 0 heterocycles. The summed E-state index contributed by atoms with van der Waals surface area (Å²) in [6, 6.07) is 1.69. The number of hydrogen-bond acceptors (Lipinski definition) is 5. The van der Waals surface area contributed by atoms with E-state index >= 15 is 0 Å². The Morgan fingerprint density at radius 2 is 2.23 bits per heavy atom. The summed E-state index contributed by atoms with van der Waals surface area (Å²) in [4.78, 5) is 11.0. The van der Waals surface area contributed by atoms with Crippen LogP contribution in [0.3, 0.4) is 0 Å². The number of hydrogen-bond donors (Lipinski definition) is 0. The molecule has 0 saturated heterocycles. The summed E-state index contributed by atoms with van der Waals surface area (Å²) >= 11 is 0. The van der Waals surface area contributed by atoms with Gasteiger partial charge in [0.2, 0.25) is 6.10 Å². The van der Waals surface area contributed by atoms with Crippen molar-refractivity contribution in [2.24, 2.45) is 0 Å². The van der Waals surface area contributed by atoms with E-state index in [1.807, 2.05) is 0 Å². The van der Waals surface area contributed by atoms with Crippen LogP contribution in [-0.2, 0) is 19.0 Å². The zero-order chi connectivity index (χ0) is 10.1. The summed E-state index contributed by atoms with van der Waals surface area (Å²) in [7, 11) is 1.51. The Kier molecular flexibility index (Phi) is 6.88. The maximum Gasteiger partial charge on any atom is 0.350 e. The summed E-state index contributed by atoms with van der Waals surface area (Å²) in [5, 5.41) is 8.51. The van der Waals surface area contributed by atoms with E-state index < -0.39 is 12.1 Å². The van der Waals surface area contributed by atoms with Crippen molar-refractivity contribution in [1.82, 2.24) is 0 Å². The van der Waals surface area contributed by atoms with E-state index in [1.165, 1.54) is 7.11 Å². The van der Waals surface area contributed by atoms with Crippen molar-refractivity contribution in [1.29, 1.82) is 5.26 Å². The predicted molar refractivity (Wildman–Crippen MR) is 43.9 cm³/mol. The Morgan fingerprint density at radius 3 is 2.69 bits per heavy atom. The average molecular weight is 187 g/mol. The number of carbonyl (C=O) groups is 1. The molecule has 1 atom stereocenters. The van der Waals surface area contributed by atoms with Gasteiger partial charge in [0.15, 0.2) is 0 Å². The van der Waals surface area contributed by atoms with Gasteiger partial charge in [0.1, 0.15) is 6.07 Å². The molecule has 13 heavy (non-hydrogen) atoms. The molecule has 0 aliphatic rings. The van der Waals surface area contributed by atoms with Crippen molar-refractivity contribution in [2.45, 2.75) is 13.0 Å². The molecule has 0 bridgehead atoms. The molecule has 0 rings (SSSR count). The van der Waals surface area contributed by atoms with E-state index in [0.717, 1.165) is 0 Å². The monoisotopic (exact) mass is 187 g/mol. The van der Waals surface area contributed by atoms with Crippen LogP contribution in [0.2, 0.25) is 0 Å². The van der Waals surface area contributed by atoms with Crippen molar-refractivity contribution < 1.29 is 19.0 Å². The lowest BCUT2D eigenvalue weighted by atomic mass is 10.4. The lowest BCUT2D eigenvalue weighted by Gasteiger charge is -2.08. The van der Waals surface area contributed by atoms with Gasteiger partial charge in [0, 0.05) is 7.11 Å². The van der Waals surface area contributed by atoms with Crippen LogP contribution in [0.15, 0.2) is 0 Å². The second-order valence-electron chi connectivity index (χ2n) is 2.12. The third-order valence-corrected chi connectivity index (χ3v) is 1.19. The molecule has 0 fully saturated rings. The standard InChI is InChI=1S/C8H13NO4/c1-3-12-8(10)7(6-9)13-5-4-11-2/h7H,3-5H2,1-2H3. The molecule has 0 aromatic rings. The smallest absolute Gasteiger partial charge is 0.350 e. The van der Waals surface area contributed by atoms with E-state index in [-0.39, 0.29) is 13.2 Å². The van der Waals surface area contributed by atoms with Crippen molar-refractivity contribution in [3.05, 3.63) is 0 Å². The fourth-order valence-corrected chi connectivity index (χ4v) is 0.625. The molecule has 0 aromatic carbocycles. The molecule has 0 radical (unpaired) electrons. The second-order valence-corrected chi connectivity index (χ2v) is 2.12. The van der Waals surface area contributed by atoms with Gasteiger partial charge < -0.3 is 14.2 Å². The molecular weight excluding hydrogens is 174 g/mol. The molecule has 5 nitrogen and oxygen atoms in total. The Balaban J connectivity index is 3.76. The van der Waals surface area contributed by atoms with Crippen LogP contribution in [-0.4, -0.2) is 39.0 Å². The van der Waals surface area contributed by atoms with Gasteiger partial charge in [0.25, 0.3) is 0 Å². The molecule has 0 aliphatic heterocycles. The first kappa shape index (κ1) is 11.9. The highest BCUT2D eigenvalue weighted by atomic mass is 16.6. The third kappa shape index (κ3) is 5.17. The van der Waals surface area contributed by atoms with Gasteiger partial charge in [-0.05, 0) is 6.92 Å². The molecule has 1 unspecified atom stereocenters. The van der Waals surface area contributed by atoms with Crippen LogP contribution >= 0.6 is 0 Å². The minimum absolute atomic E-state index is 0.202. The molecular formula is C8H13NO4. The molecule has 0 aromatic heterocycles. The van der Waals surface area contributed by atoms with Crippen molar-refractivity contribution in [3.63, 3.8) is 0 Å². The summed E-state index contributed by atoms with van der Waals surface area (Å²) in [5.74, 6) is -0.652. The van der Waals surface area contributed by atoms with E-state index in [2.05, 4.69) is 9.47 Å². The zero-order valence-electron chi connectivity index (χ0n) is 7.78. The first-order valence-electron chi connectivity index (χ1n) is 3.93.